The van der Waals surface area contributed by atoms with Crippen LogP contribution in [-0.2, 0) is 4.74 Å². The molecule has 124 valence electrons. The molecule has 1 aliphatic rings. The maximum Gasteiger partial charge on any atom is 0.167 e. The van der Waals surface area contributed by atoms with Gasteiger partial charge in [0.2, 0.25) is 0 Å². The van der Waals surface area contributed by atoms with Crippen molar-refractivity contribution in [2.45, 2.75) is 24.9 Å². The summed E-state index contributed by atoms with van der Waals surface area (Å²) in [6.45, 7) is -0.207. The molecule has 0 radical (unpaired) electrons. The number of hydrogen-bond donors (Lipinski definition) is 2. The molecule has 3 atom stereocenters. The van der Waals surface area contributed by atoms with Gasteiger partial charge < -0.3 is 24.4 Å². The van der Waals surface area contributed by atoms with E-state index in [1.807, 2.05) is 29.8 Å². The predicted molar refractivity (Wildman–Crippen MR) is 93.7 cm³/mol. The third-order valence-corrected chi connectivity index (χ3v) is 4.47. The van der Waals surface area contributed by atoms with Crippen molar-refractivity contribution in [1.82, 2.24) is 19.4 Å². The molecular weight excluding hydrogens is 413 g/mol. The maximum absolute atomic E-state index is 9.94. The number of aliphatic imine (C=N–C) groups is 1. The Labute approximate surface area is 147 Å². The lowest BCUT2D eigenvalue weighted by atomic mass is 10.2. The van der Waals surface area contributed by atoms with E-state index in [0.29, 0.717) is 17.9 Å². The standard InChI is InChI=1S/C14H18IN5O3/c1-19(2)7-18-13-12-8(15)4-20(14(12)17-6-16-13)11-3-9(22)10(5-21)23-11/h4,6-7,9-11,21-22H,3,5H2,1-2H3/t9-,10+,11-/m0/s1. The Balaban J connectivity index is 2.02. The molecule has 0 unspecified atom stereocenters. The lowest BCUT2D eigenvalue weighted by Gasteiger charge is -2.14. The second-order valence-electron chi connectivity index (χ2n) is 5.60. The van der Waals surface area contributed by atoms with Crippen LogP contribution >= 0.6 is 22.6 Å². The van der Waals surface area contributed by atoms with E-state index in [1.54, 1.807) is 6.34 Å². The molecule has 8 nitrogen and oxygen atoms in total. The highest BCUT2D eigenvalue weighted by molar-refractivity contribution is 14.1. The quantitative estimate of drug-likeness (QED) is 0.425. The summed E-state index contributed by atoms with van der Waals surface area (Å²) in [5, 5.41) is 20.0. The van der Waals surface area contributed by atoms with Crippen LogP contribution in [0.1, 0.15) is 12.6 Å². The van der Waals surface area contributed by atoms with E-state index in [4.69, 9.17) is 4.74 Å². The minimum atomic E-state index is -0.687. The molecule has 23 heavy (non-hydrogen) atoms. The largest absolute Gasteiger partial charge is 0.394 e. The number of halogens is 1. The van der Waals surface area contributed by atoms with Crippen molar-refractivity contribution < 1.29 is 14.9 Å². The number of hydrogen-bond acceptors (Lipinski definition) is 6. The Morgan fingerprint density at radius 1 is 1.52 bits per heavy atom. The third kappa shape index (κ3) is 3.18. The molecule has 1 saturated heterocycles. The van der Waals surface area contributed by atoms with Crippen molar-refractivity contribution in [3.05, 3.63) is 16.1 Å². The lowest BCUT2D eigenvalue weighted by molar-refractivity contribution is -0.0430. The monoisotopic (exact) mass is 431 g/mol. The SMILES string of the molecule is CN(C)C=Nc1ncnc2c1c(I)cn2[C@@H]1C[C@H](O)[C@@H](CO)O1. The zero-order valence-electron chi connectivity index (χ0n) is 12.8. The summed E-state index contributed by atoms with van der Waals surface area (Å²) in [6.07, 6.45) is 3.85. The average Bonchev–Trinajstić information content (AvgIpc) is 3.06. The van der Waals surface area contributed by atoms with Crippen LogP contribution in [0.5, 0.6) is 0 Å². The van der Waals surface area contributed by atoms with Crippen LogP contribution in [0.25, 0.3) is 11.0 Å². The molecule has 1 aliphatic heterocycles. The summed E-state index contributed by atoms with van der Waals surface area (Å²) in [7, 11) is 3.78. The Morgan fingerprint density at radius 3 is 2.96 bits per heavy atom. The van der Waals surface area contributed by atoms with Crippen molar-refractivity contribution in [3.8, 4) is 0 Å². The van der Waals surface area contributed by atoms with Gasteiger partial charge in [-0.25, -0.2) is 15.0 Å². The molecule has 3 rings (SSSR count). The van der Waals surface area contributed by atoms with Crippen molar-refractivity contribution in [2.75, 3.05) is 20.7 Å². The van der Waals surface area contributed by atoms with E-state index < -0.39 is 12.2 Å². The third-order valence-electron chi connectivity index (χ3n) is 3.65. The number of aromatic nitrogens is 3. The molecule has 3 heterocycles. The van der Waals surface area contributed by atoms with Gasteiger partial charge in [0.1, 0.15) is 24.3 Å². The molecule has 0 saturated carbocycles. The highest BCUT2D eigenvalue weighted by Gasteiger charge is 2.35. The second kappa shape index (κ2) is 6.67. The number of nitrogens with zero attached hydrogens (tertiary/aromatic N) is 5. The minimum absolute atomic E-state index is 0.207. The fraction of sp³-hybridized carbons (Fsp3) is 0.500. The van der Waals surface area contributed by atoms with Gasteiger partial charge in [-0.1, -0.05) is 0 Å². The number of rotatable bonds is 4. The van der Waals surface area contributed by atoms with Crippen LogP contribution in [0, 0.1) is 3.57 Å². The van der Waals surface area contributed by atoms with E-state index in [9.17, 15) is 10.2 Å². The van der Waals surface area contributed by atoms with Crippen LogP contribution < -0.4 is 0 Å². The Morgan fingerprint density at radius 2 is 2.30 bits per heavy atom. The van der Waals surface area contributed by atoms with Gasteiger partial charge in [-0.05, 0) is 22.6 Å². The summed E-state index contributed by atoms with van der Waals surface area (Å²) < 4.78 is 8.54. The maximum atomic E-state index is 9.94. The Hall–Kier alpha value is -1.30. The smallest absolute Gasteiger partial charge is 0.167 e. The molecule has 9 heteroatoms. The molecule has 0 aromatic carbocycles. The first kappa shape index (κ1) is 16.6. The minimum Gasteiger partial charge on any atom is -0.394 e. The zero-order chi connectivity index (χ0) is 16.6. The van der Waals surface area contributed by atoms with Gasteiger partial charge >= 0.3 is 0 Å². The molecule has 0 bridgehead atoms. The number of aliphatic hydroxyl groups is 2. The highest BCUT2D eigenvalue weighted by atomic mass is 127. The molecule has 0 amide bonds. The molecule has 2 N–H and O–H groups in total. The van der Waals surface area contributed by atoms with Crippen LogP contribution in [0.4, 0.5) is 5.82 Å². The van der Waals surface area contributed by atoms with Gasteiger partial charge in [0.25, 0.3) is 0 Å². The van der Waals surface area contributed by atoms with Crippen molar-refractivity contribution in [2.24, 2.45) is 4.99 Å². The molecule has 1 fully saturated rings. The summed E-state index contributed by atoms with van der Waals surface area (Å²) in [4.78, 5) is 14.8. The van der Waals surface area contributed by atoms with E-state index in [0.717, 1.165) is 8.96 Å². The average molecular weight is 431 g/mol. The van der Waals surface area contributed by atoms with E-state index >= 15 is 0 Å². The van der Waals surface area contributed by atoms with Gasteiger partial charge in [-0.3, -0.25) is 0 Å². The first-order valence-electron chi connectivity index (χ1n) is 7.17. The second-order valence-corrected chi connectivity index (χ2v) is 6.77. The highest BCUT2D eigenvalue weighted by Crippen LogP contribution is 2.35. The normalized spacial score (nSPS) is 24.8. The molecular formula is C14H18IN5O3. The number of fused-ring (bicyclic) bond motifs is 1. The molecule has 2 aromatic rings. The number of ether oxygens (including phenoxy) is 1. The first-order valence-corrected chi connectivity index (χ1v) is 8.25. The van der Waals surface area contributed by atoms with Crippen LogP contribution in [-0.4, -0.2) is 68.9 Å². The summed E-state index contributed by atoms with van der Waals surface area (Å²) in [5.41, 5.74) is 0.700. The van der Waals surface area contributed by atoms with E-state index in [2.05, 4.69) is 37.6 Å². The Kier molecular flexibility index (Phi) is 4.80. The Bertz CT molecular complexity index is 733. The summed E-state index contributed by atoms with van der Waals surface area (Å²) >= 11 is 2.21. The van der Waals surface area contributed by atoms with Crippen LogP contribution in [0.3, 0.4) is 0 Å². The van der Waals surface area contributed by atoms with Crippen LogP contribution in [0.2, 0.25) is 0 Å². The first-order chi connectivity index (χ1) is 11.0. The van der Waals surface area contributed by atoms with Crippen molar-refractivity contribution >= 4 is 45.8 Å². The van der Waals surface area contributed by atoms with Gasteiger partial charge in [0.15, 0.2) is 5.82 Å². The molecule has 0 aliphatic carbocycles. The van der Waals surface area contributed by atoms with Crippen LogP contribution in [0.15, 0.2) is 17.5 Å². The van der Waals surface area contributed by atoms with E-state index in [-0.39, 0.29) is 12.8 Å². The van der Waals surface area contributed by atoms with Gasteiger partial charge in [-0.2, -0.15) is 0 Å². The van der Waals surface area contributed by atoms with Gasteiger partial charge in [0, 0.05) is 30.3 Å². The topological polar surface area (TPSA) is 96.0 Å². The van der Waals surface area contributed by atoms with Crippen molar-refractivity contribution in [3.63, 3.8) is 0 Å². The fourth-order valence-corrected chi connectivity index (χ4v) is 3.34. The van der Waals surface area contributed by atoms with Gasteiger partial charge in [-0.15, -0.1) is 0 Å². The van der Waals surface area contributed by atoms with Crippen molar-refractivity contribution in [1.29, 1.82) is 0 Å². The molecule has 0 spiro atoms. The predicted octanol–water partition coefficient (Wildman–Crippen LogP) is 0.898. The lowest BCUT2D eigenvalue weighted by Crippen LogP contribution is -2.24. The summed E-state index contributed by atoms with van der Waals surface area (Å²) in [6, 6.07) is 0. The number of aliphatic hydroxyl groups excluding tert-OH is 2. The summed E-state index contributed by atoms with van der Waals surface area (Å²) in [5.74, 6) is 0.587. The van der Waals surface area contributed by atoms with Gasteiger partial charge in [0.05, 0.1) is 24.4 Å². The zero-order valence-corrected chi connectivity index (χ0v) is 15.0. The fourth-order valence-electron chi connectivity index (χ4n) is 2.56. The molecule has 2 aromatic heterocycles. The van der Waals surface area contributed by atoms with E-state index in [1.165, 1.54) is 6.33 Å².